The van der Waals surface area contributed by atoms with Gasteiger partial charge in [-0.25, -0.2) is 9.37 Å². The minimum Gasteiger partial charge on any atom is -0.334 e. The molecule has 0 radical (unpaired) electrons. The van der Waals surface area contributed by atoms with E-state index in [1.165, 1.54) is 11.6 Å². The van der Waals surface area contributed by atoms with E-state index in [2.05, 4.69) is 22.9 Å². The van der Waals surface area contributed by atoms with Crippen LogP contribution < -0.4 is 0 Å². The molecule has 1 aliphatic rings. The number of aromatic nitrogens is 2. The molecule has 4 rings (SSSR count). The normalized spacial score (nSPS) is 17.8. The molecule has 1 saturated heterocycles. The summed E-state index contributed by atoms with van der Waals surface area (Å²) in [6.45, 7) is 4.23. The SMILES string of the molecule is CC1CCCN(Cc2cc(F)cc(C(F)(F)F)c2)C1.Cn1cnc2ccccc21. The van der Waals surface area contributed by atoms with Gasteiger partial charge in [0.2, 0.25) is 0 Å². The van der Waals surface area contributed by atoms with Gasteiger partial charge in [0.25, 0.3) is 0 Å². The molecule has 2 aromatic carbocycles. The van der Waals surface area contributed by atoms with Crippen LogP contribution in [0, 0.1) is 11.7 Å². The quantitative estimate of drug-likeness (QED) is 0.512. The van der Waals surface area contributed by atoms with E-state index in [0.717, 1.165) is 37.5 Å². The van der Waals surface area contributed by atoms with Crippen molar-refractivity contribution in [2.24, 2.45) is 13.0 Å². The Kier molecular flexibility index (Phi) is 6.57. The Bertz CT molecular complexity index is 949. The van der Waals surface area contributed by atoms with Crippen molar-refractivity contribution in [1.29, 1.82) is 0 Å². The molecule has 1 aliphatic heterocycles. The van der Waals surface area contributed by atoms with Crippen LogP contribution in [-0.4, -0.2) is 27.5 Å². The van der Waals surface area contributed by atoms with Crippen molar-refractivity contribution in [3.63, 3.8) is 0 Å². The van der Waals surface area contributed by atoms with Crippen molar-refractivity contribution in [2.45, 2.75) is 32.5 Å². The summed E-state index contributed by atoms with van der Waals surface area (Å²) in [5.74, 6) is -0.278. The molecule has 0 saturated carbocycles. The molecule has 0 amide bonds. The van der Waals surface area contributed by atoms with Crippen molar-refractivity contribution in [1.82, 2.24) is 14.5 Å². The highest BCUT2D eigenvalue weighted by Gasteiger charge is 2.31. The molecule has 3 aromatic rings. The van der Waals surface area contributed by atoms with E-state index < -0.39 is 17.6 Å². The van der Waals surface area contributed by atoms with Crippen LogP contribution in [0.5, 0.6) is 0 Å². The van der Waals surface area contributed by atoms with E-state index in [0.29, 0.717) is 24.1 Å². The molecule has 1 aromatic heterocycles. The largest absolute Gasteiger partial charge is 0.416 e. The lowest BCUT2D eigenvalue weighted by atomic mass is 9.99. The average molecular weight is 407 g/mol. The first kappa shape index (κ1) is 21.3. The van der Waals surface area contributed by atoms with E-state index in [9.17, 15) is 17.6 Å². The lowest BCUT2D eigenvalue weighted by molar-refractivity contribution is -0.137. The Morgan fingerprint density at radius 2 is 1.90 bits per heavy atom. The summed E-state index contributed by atoms with van der Waals surface area (Å²) in [6.07, 6.45) is -0.479. The van der Waals surface area contributed by atoms with E-state index >= 15 is 0 Å². The second-order valence-electron chi connectivity index (χ2n) is 7.67. The monoisotopic (exact) mass is 407 g/mol. The summed E-state index contributed by atoms with van der Waals surface area (Å²) in [7, 11) is 2.00. The van der Waals surface area contributed by atoms with E-state index in [1.54, 1.807) is 0 Å². The first-order valence-electron chi connectivity index (χ1n) is 9.67. The molecule has 0 spiro atoms. The number of benzene rings is 2. The maximum absolute atomic E-state index is 13.3. The molecule has 1 unspecified atom stereocenters. The molecule has 29 heavy (non-hydrogen) atoms. The molecule has 156 valence electrons. The van der Waals surface area contributed by atoms with Gasteiger partial charge >= 0.3 is 6.18 Å². The molecule has 0 aliphatic carbocycles. The van der Waals surface area contributed by atoms with Gasteiger partial charge in [0, 0.05) is 20.1 Å². The molecule has 7 heteroatoms. The fraction of sp³-hybridized carbons (Fsp3) is 0.409. The molecule has 2 heterocycles. The topological polar surface area (TPSA) is 21.1 Å². The maximum Gasteiger partial charge on any atom is 0.416 e. The molecule has 1 atom stereocenters. The number of fused-ring (bicyclic) bond motifs is 1. The second kappa shape index (κ2) is 8.95. The zero-order valence-electron chi connectivity index (χ0n) is 16.6. The number of halogens is 4. The van der Waals surface area contributed by atoms with Gasteiger partial charge in [0.15, 0.2) is 0 Å². The van der Waals surface area contributed by atoms with Crippen LogP contribution in [0.2, 0.25) is 0 Å². The fourth-order valence-electron chi connectivity index (χ4n) is 3.68. The molecule has 1 fully saturated rings. The van der Waals surface area contributed by atoms with Crippen LogP contribution in [-0.2, 0) is 19.8 Å². The minimum atomic E-state index is -4.49. The van der Waals surface area contributed by atoms with Crippen LogP contribution in [0.4, 0.5) is 17.6 Å². The number of likely N-dealkylation sites (tertiary alicyclic amines) is 1. The fourth-order valence-corrected chi connectivity index (χ4v) is 3.68. The molecule has 0 N–H and O–H groups in total. The number of nitrogens with zero attached hydrogens (tertiary/aromatic N) is 3. The van der Waals surface area contributed by atoms with Gasteiger partial charge in [0.1, 0.15) is 5.82 Å². The van der Waals surface area contributed by atoms with Gasteiger partial charge in [0.05, 0.1) is 22.9 Å². The Balaban J connectivity index is 0.000000200. The predicted octanol–water partition coefficient (Wildman–Crippen LogP) is 5.65. The lowest BCUT2D eigenvalue weighted by Gasteiger charge is -2.30. The number of rotatable bonds is 2. The van der Waals surface area contributed by atoms with E-state index in [4.69, 9.17) is 0 Å². The highest BCUT2D eigenvalue weighted by Crippen LogP contribution is 2.31. The van der Waals surface area contributed by atoms with Crippen molar-refractivity contribution >= 4 is 11.0 Å². The van der Waals surface area contributed by atoms with Crippen LogP contribution in [0.15, 0.2) is 48.8 Å². The average Bonchev–Trinajstić information content (AvgIpc) is 3.03. The maximum atomic E-state index is 13.3. The van der Waals surface area contributed by atoms with Gasteiger partial charge in [-0.1, -0.05) is 19.1 Å². The summed E-state index contributed by atoms with van der Waals surface area (Å²) in [5, 5.41) is 0. The van der Waals surface area contributed by atoms with Crippen molar-refractivity contribution < 1.29 is 17.6 Å². The Morgan fingerprint density at radius 1 is 1.14 bits per heavy atom. The van der Waals surface area contributed by atoms with Gasteiger partial charge in [-0.15, -0.1) is 0 Å². The van der Waals surface area contributed by atoms with Crippen molar-refractivity contribution in [2.75, 3.05) is 13.1 Å². The number of hydrogen-bond acceptors (Lipinski definition) is 2. The van der Waals surface area contributed by atoms with Gasteiger partial charge in [-0.3, -0.25) is 4.90 Å². The summed E-state index contributed by atoms with van der Waals surface area (Å²) in [5.41, 5.74) is 1.72. The number of para-hydroxylation sites is 2. The second-order valence-corrected chi connectivity index (χ2v) is 7.67. The first-order chi connectivity index (χ1) is 13.7. The number of piperidine rings is 1. The third-order valence-electron chi connectivity index (χ3n) is 5.06. The molecular formula is C22H25F4N3. The molecule has 0 bridgehead atoms. The minimum absolute atomic E-state index is 0.380. The standard InChI is InChI=1S/C14H17F4N.C8H8N2/c1-10-3-2-4-19(8-10)9-11-5-12(14(16,17)18)7-13(15)6-11;1-10-6-9-7-4-2-3-5-8(7)10/h5-7,10H,2-4,8-9H2,1H3;2-6H,1H3. The van der Waals surface area contributed by atoms with Crippen molar-refractivity contribution in [3.8, 4) is 0 Å². The first-order valence-corrected chi connectivity index (χ1v) is 9.67. The predicted molar refractivity (Wildman–Crippen MR) is 106 cm³/mol. The smallest absolute Gasteiger partial charge is 0.334 e. The Labute approximate surface area is 168 Å². The molecular weight excluding hydrogens is 382 g/mol. The van der Waals surface area contributed by atoms with Crippen molar-refractivity contribution in [3.05, 3.63) is 65.7 Å². The Morgan fingerprint density at radius 3 is 2.59 bits per heavy atom. The van der Waals surface area contributed by atoms with Crippen LogP contribution >= 0.6 is 0 Å². The highest BCUT2D eigenvalue weighted by molar-refractivity contribution is 5.74. The van der Waals surface area contributed by atoms with E-state index in [1.807, 2.05) is 36.1 Å². The van der Waals surface area contributed by atoms with Crippen LogP contribution in [0.25, 0.3) is 11.0 Å². The third-order valence-corrected chi connectivity index (χ3v) is 5.06. The number of hydrogen-bond donors (Lipinski definition) is 0. The highest BCUT2D eigenvalue weighted by atomic mass is 19.4. The number of alkyl halides is 3. The third kappa shape index (κ3) is 5.79. The van der Waals surface area contributed by atoms with Crippen LogP contribution in [0.3, 0.4) is 0 Å². The lowest BCUT2D eigenvalue weighted by Crippen LogP contribution is -2.33. The van der Waals surface area contributed by atoms with Crippen LogP contribution in [0.1, 0.15) is 30.9 Å². The summed E-state index contributed by atoms with van der Waals surface area (Å²) in [4.78, 5) is 6.27. The zero-order valence-corrected chi connectivity index (χ0v) is 16.6. The summed E-state index contributed by atoms with van der Waals surface area (Å²) >= 11 is 0. The zero-order chi connectivity index (χ0) is 21.0. The molecule has 3 nitrogen and oxygen atoms in total. The summed E-state index contributed by atoms with van der Waals surface area (Å²) < 4.78 is 53.1. The van der Waals surface area contributed by atoms with Gasteiger partial charge in [-0.05, 0) is 61.2 Å². The van der Waals surface area contributed by atoms with E-state index in [-0.39, 0.29) is 0 Å². The Hall–Kier alpha value is -2.41. The number of imidazole rings is 1. The van der Waals surface area contributed by atoms with Gasteiger partial charge < -0.3 is 4.57 Å². The number of aryl methyl sites for hydroxylation is 1. The summed E-state index contributed by atoms with van der Waals surface area (Å²) in [6, 6.07) is 10.9. The van der Waals surface area contributed by atoms with Gasteiger partial charge in [-0.2, -0.15) is 13.2 Å².